The molecular formula is C16H26N4O3. The average molecular weight is 322 g/mol. The zero-order chi connectivity index (χ0) is 16.8. The molecular weight excluding hydrogens is 296 g/mol. The number of carbonyl (C=O) groups is 2. The number of nitrogens with zero attached hydrogens (tertiary/aromatic N) is 3. The highest BCUT2D eigenvalue weighted by Crippen LogP contribution is 2.10. The number of hydrogen-bond acceptors (Lipinski definition) is 5. The molecule has 7 heteroatoms. The third-order valence-electron chi connectivity index (χ3n) is 3.86. The van der Waals surface area contributed by atoms with E-state index in [1.807, 2.05) is 4.90 Å². The average Bonchev–Trinajstić information content (AvgIpc) is 2.90. The Morgan fingerprint density at radius 2 is 2.00 bits per heavy atom. The summed E-state index contributed by atoms with van der Waals surface area (Å²) in [5.41, 5.74) is 0. The van der Waals surface area contributed by atoms with Crippen molar-refractivity contribution < 1.29 is 14.1 Å². The van der Waals surface area contributed by atoms with Gasteiger partial charge in [0.25, 0.3) is 0 Å². The maximum atomic E-state index is 12.0. The van der Waals surface area contributed by atoms with Gasteiger partial charge in [-0.1, -0.05) is 19.0 Å². The maximum absolute atomic E-state index is 12.0. The molecule has 1 aromatic heterocycles. The van der Waals surface area contributed by atoms with Crippen LogP contribution in [0.15, 0.2) is 10.6 Å². The fourth-order valence-corrected chi connectivity index (χ4v) is 2.59. The standard InChI is InChI=1S/C16H26N4O3/c1-12(2)10-16(22)20-8-6-19(7-9-20)5-4-15(21)17-14-11-13(3)23-18-14/h11-12H,4-10H2,1-3H3,(H,17,18,21). The Labute approximate surface area is 137 Å². The largest absolute Gasteiger partial charge is 0.360 e. The van der Waals surface area contributed by atoms with Gasteiger partial charge in [0.15, 0.2) is 5.82 Å². The van der Waals surface area contributed by atoms with Crippen molar-refractivity contribution >= 4 is 17.6 Å². The van der Waals surface area contributed by atoms with E-state index in [4.69, 9.17) is 4.52 Å². The minimum absolute atomic E-state index is 0.0726. The van der Waals surface area contributed by atoms with E-state index in [0.29, 0.717) is 36.9 Å². The van der Waals surface area contributed by atoms with Crippen LogP contribution in [0.1, 0.15) is 32.4 Å². The Balaban J connectivity index is 1.66. The third kappa shape index (κ3) is 5.67. The van der Waals surface area contributed by atoms with Crippen LogP contribution in [0.3, 0.4) is 0 Å². The van der Waals surface area contributed by atoms with Gasteiger partial charge in [-0.25, -0.2) is 0 Å². The molecule has 2 amide bonds. The quantitative estimate of drug-likeness (QED) is 0.859. The van der Waals surface area contributed by atoms with E-state index < -0.39 is 0 Å². The van der Waals surface area contributed by atoms with E-state index >= 15 is 0 Å². The number of nitrogens with one attached hydrogen (secondary N) is 1. The first kappa shape index (κ1) is 17.5. The Bertz CT molecular complexity index is 533. The zero-order valence-electron chi connectivity index (χ0n) is 14.2. The first-order valence-corrected chi connectivity index (χ1v) is 8.17. The number of aromatic nitrogens is 1. The van der Waals surface area contributed by atoms with Crippen LogP contribution in [-0.2, 0) is 9.59 Å². The van der Waals surface area contributed by atoms with E-state index in [9.17, 15) is 9.59 Å². The van der Waals surface area contributed by atoms with E-state index in [0.717, 1.165) is 26.2 Å². The molecule has 2 heterocycles. The molecule has 0 aromatic carbocycles. The molecule has 0 unspecified atom stereocenters. The minimum atomic E-state index is -0.0726. The van der Waals surface area contributed by atoms with Gasteiger partial charge in [-0.15, -0.1) is 0 Å². The SMILES string of the molecule is Cc1cc(NC(=O)CCN2CCN(C(=O)CC(C)C)CC2)no1. The van der Waals surface area contributed by atoms with Crippen molar-refractivity contribution in [3.05, 3.63) is 11.8 Å². The number of piperazine rings is 1. The summed E-state index contributed by atoms with van der Waals surface area (Å²) in [4.78, 5) is 28.0. The number of aryl methyl sites for hydroxylation is 1. The lowest BCUT2D eigenvalue weighted by Crippen LogP contribution is -2.49. The van der Waals surface area contributed by atoms with E-state index in [-0.39, 0.29) is 11.8 Å². The van der Waals surface area contributed by atoms with Gasteiger partial charge in [0.2, 0.25) is 11.8 Å². The molecule has 0 saturated carbocycles. The summed E-state index contributed by atoms with van der Waals surface area (Å²) in [6, 6.07) is 1.69. The highest BCUT2D eigenvalue weighted by molar-refractivity contribution is 5.89. The zero-order valence-corrected chi connectivity index (χ0v) is 14.2. The Hall–Kier alpha value is -1.89. The summed E-state index contributed by atoms with van der Waals surface area (Å²) in [5, 5.41) is 6.45. The number of anilines is 1. The Morgan fingerprint density at radius 3 is 2.57 bits per heavy atom. The van der Waals surface area contributed by atoms with E-state index in [1.54, 1.807) is 13.0 Å². The molecule has 7 nitrogen and oxygen atoms in total. The Kier molecular flexibility index (Phi) is 6.15. The van der Waals surface area contributed by atoms with Crippen molar-refractivity contribution in [2.45, 2.75) is 33.6 Å². The fraction of sp³-hybridized carbons (Fsp3) is 0.688. The summed E-state index contributed by atoms with van der Waals surface area (Å²) in [6.45, 7) is 9.72. The van der Waals surface area contributed by atoms with Gasteiger partial charge in [-0.2, -0.15) is 0 Å². The van der Waals surface area contributed by atoms with Crippen LogP contribution in [0, 0.1) is 12.8 Å². The lowest BCUT2D eigenvalue weighted by atomic mass is 10.1. The molecule has 0 spiro atoms. The summed E-state index contributed by atoms with van der Waals surface area (Å²) in [6.07, 6.45) is 1.02. The highest BCUT2D eigenvalue weighted by Gasteiger charge is 2.21. The molecule has 1 aliphatic heterocycles. The summed E-state index contributed by atoms with van der Waals surface area (Å²) in [5.74, 6) is 1.68. The van der Waals surface area contributed by atoms with Crippen molar-refractivity contribution in [1.29, 1.82) is 0 Å². The molecule has 0 aliphatic carbocycles. The molecule has 0 bridgehead atoms. The summed E-state index contributed by atoms with van der Waals surface area (Å²) < 4.78 is 4.91. The second-order valence-corrected chi connectivity index (χ2v) is 6.44. The van der Waals surface area contributed by atoms with Crippen molar-refractivity contribution in [2.75, 3.05) is 38.0 Å². The topological polar surface area (TPSA) is 78.7 Å². The van der Waals surface area contributed by atoms with Crippen LogP contribution in [0.2, 0.25) is 0 Å². The summed E-state index contributed by atoms with van der Waals surface area (Å²) in [7, 11) is 0. The van der Waals surface area contributed by atoms with Gasteiger partial charge in [-0.3, -0.25) is 14.5 Å². The monoisotopic (exact) mass is 322 g/mol. The van der Waals surface area contributed by atoms with Crippen molar-refractivity contribution in [2.24, 2.45) is 5.92 Å². The van der Waals surface area contributed by atoms with Crippen LogP contribution in [0.5, 0.6) is 0 Å². The third-order valence-corrected chi connectivity index (χ3v) is 3.86. The first-order valence-electron chi connectivity index (χ1n) is 8.17. The van der Waals surface area contributed by atoms with Crippen LogP contribution >= 0.6 is 0 Å². The van der Waals surface area contributed by atoms with Crippen molar-refractivity contribution in [1.82, 2.24) is 15.0 Å². The number of carbonyl (C=O) groups excluding carboxylic acids is 2. The van der Waals surface area contributed by atoms with Crippen LogP contribution < -0.4 is 5.32 Å². The predicted molar refractivity (Wildman–Crippen MR) is 87.0 cm³/mol. The molecule has 1 N–H and O–H groups in total. The first-order chi connectivity index (χ1) is 10.9. The number of rotatable bonds is 6. The van der Waals surface area contributed by atoms with Gasteiger partial charge >= 0.3 is 0 Å². The minimum Gasteiger partial charge on any atom is -0.360 e. The van der Waals surface area contributed by atoms with Gasteiger partial charge in [0, 0.05) is 51.6 Å². The molecule has 0 atom stereocenters. The normalized spacial score (nSPS) is 15.9. The van der Waals surface area contributed by atoms with Gasteiger partial charge in [-0.05, 0) is 12.8 Å². The summed E-state index contributed by atoms with van der Waals surface area (Å²) >= 11 is 0. The predicted octanol–water partition coefficient (Wildman–Crippen LogP) is 1.50. The Morgan fingerprint density at radius 1 is 1.30 bits per heavy atom. The molecule has 0 radical (unpaired) electrons. The van der Waals surface area contributed by atoms with Gasteiger partial charge < -0.3 is 14.7 Å². The van der Waals surface area contributed by atoms with Crippen LogP contribution in [0.25, 0.3) is 0 Å². The molecule has 128 valence electrons. The van der Waals surface area contributed by atoms with E-state index in [2.05, 4.69) is 29.2 Å². The fourth-order valence-electron chi connectivity index (χ4n) is 2.59. The second-order valence-electron chi connectivity index (χ2n) is 6.44. The molecule has 1 saturated heterocycles. The smallest absolute Gasteiger partial charge is 0.226 e. The number of hydrogen-bond donors (Lipinski definition) is 1. The molecule has 23 heavy (non-hydrogen) atoms. The second kappa shape index (κ2) is 8.10. The van der Waals surface area contributed by atoms with Crippen LogP contribution in [-0.4, -0.2) is 59.5 Å². The van der Waals surface area contributed by atoms with Crippen LogP contribution in [0.4, 0.5) is 5.82 Å². The highest BCUT2D eigenvalue weighted by atomic mass is 16.5. The van der Waals surface area contributed by atoms with Gasteiger partial charge in [0.05, 0.1) is 0 Å². The number of amides is 2. The molecule has 1 fully saturated rings. The lowest BCUT2D eigenvalue weighted by Gasteiger charge is -2.35. The van der Waals surface area contributed by atoms with E-state index in [1.165, 1.54) is 0 Å². The van der Waals surface area contributed by atoms with Crippen molar-refractivity contribution in [3.8, 4) is 0 Å². The van der Waals surface area contributed by atoms with Gasteiger partial charge in [0.1, 0.15) is 5.76 Å². The molecule has 1 aliphatic rings. The van der Waals surface area contributed by atoms with Crippen molar-refractivity contribution in [3.63, 3.8) is 0 Å². The maximum Gasteiger partial charge on any atom is 0.226 e. The molecule has 1 aromatic rings. The lowest BCUT2D eigenvalue weighted by molar-refractivity contribution is -0.134. The molecule has 2 rings (SSSR count).